The summed E-state index contributed by atoms with van der Waals surface area (Å²) in [6.07, 6.45) is 5.85. The van der Waals surface area contributed by atoms with Crippen molar-refractivity contribution in [3.8, 4) is 0 Å². The van der Waals surface area contributed by atoms with Gasteiger partial charge in [-0.1, -0.05) is 54.0 Å². The van der Waals surface area contributed by atoms with Gasteiger partial charge in [0.2, 0.25) is 0 Å². The van der Waals surface area contributed by atoms with Crippen LogP contribution in [-0.2, 0) is 19.3 Å². The van der Waals surface area contributed by atoms with E-state index in [1.165, 1.54) is 22.9 Å². The third kappa shape index (κ3) is 2.99. The van der Waals surface area contributed by atoms with E-state index in [0.717, 1.165) is 47.1 Å². The molecule has 0 radical (unpaired) electrons. The standard InChI is InChI=1S/C17H18Cl2N2S/c1-3-11-12(5-4-6-14(11)18)10-7-8-13-15(9-10)20-17(22-2)21-16(13)19/h4-6,10H,3,7-9H2,1-2H3. The molecule has 0 spiro atoms. The number of halogens is 2. The molecular formula is C17H18Cl2N2S. The minimum absolute atomic E-state index is 0.460. The van der Waals surface area contributed by atoms with Gasteiger partial charge >= 0.3 is 0 Å². The van der Waals surface area contributed by atoms with Crippen molar-refractivity contribution in [2.24, 2.45) is 0 Å². The zero-order valence-corrected chi connectivity index (χ0v) is 15.0. The molecule has 2 nitrogen and oxygen atoms in total. The van der Waals surface area contributed by atoms with Crippen molar-refractivity contribution in [1.82, 2.24) is 9.97 Å². The summed E-state index contributed by atoms with van der Waals surface area (Å²) in [6, 6.07) is 6.23. The Morgan fingerprint density at radius 3 is 2.82 bits per heavy atom. The van der Waals surface area contributed by atoms with E-state index < -0.39 is 0 Å². The minimum Gasteiger partial charge on any atom is -0.227 e. The van der Waals surface area contributed by atoms with Crippen LogP contribution in [0.5, 0.6) is 0 Å². The van der Waals surface area contributed by atoms with E-state index in [1.807, 2.05) is 18.4 Å². The lowest BCUT2D eigenvalue weighted by molar-refractivity contribution is 0.559. The van der Waals surface area contributed by atoms with Crippen LogP contribution in [-0.4, -0.2) is 16.2 Å². The highest BCUT2D eigenvalue weighted by molar-refractivity contribution is 7.98. The summed E-state index contributed by atoms with van der Waals surface area (Å²) in [5.41, 5.74) is 4.85. The molecule has 5 heteroatoms. The maximum atomic E-state index is 6.37. The fourth-order valence-electron chi connectivity index (χ4n) is 3.24. The van der Waals surface area contributed by atoms with Crippen LogP contribution in [0.3, 0.4) is 0 Å². The van der Waals surface area contributed by atoms with Gasteiger partial charge in [0.15, 0.2) is 5.16 Å². The summed E-state index contributed by atoms with van der Waals surface area (Å²) in [7, 11) is 0. The highest BCUT2D eigenvalue weighted by Crippen LogP contribution is 2.37. The number of rotatable bonds is 3. The third-order valence-corrected chi connectivity index (χ3v) is 5.55. The highest BCUT2D eigenvalue weighted by Gasteiger charge is 2.26. The maximum Gasteiger partial charge on any atom is 0.188 e. The molecule has 1 aromatic carbocycles. The summed E-state index contributed by atoms with van der Waals surface area (Å²) in [4.78, 5) is 9.03. The van der Waals surface area contributed by atoms with E-state index in [2.05, 4.69) is 23.0 Å². The number of fused-ring (bicyclic) bond motifs is 1. The topological polar surface area (TPSA) is 25.8 Å². The highest BCUT2D eigenvalue weighted by atomic mass is 35.5. The van der Waals surface area contributed by atoms with E-state index in [0.29, 0.717) is 11.1 Å². The van der Waals surface area contributed by atoms with Gasteiger partial charge in [0, 0.05) is 10.6 Å². The van der Waals surface area contributed by atoms with Crippen molar-refractivity contribution in [3.05, 3.63) is 50.8 Å². The molecule has 1 heterocycles. The van der Waals surface area contributed by atoms with Gasteiger partial charge < -0.3 is 0 Å². The molecule has 0 saturated carbocycles. The van der Waals surface area contributed by atoms with E-state index in [1.54, 1.807) is 0 Å². The lowest BCUT2D eigenvalue weighted by Gasteiger charge is -2.26. The van der Waals surface area contributed by atoms with Crippen molar-refractivity contribution >= 4 is 35.0 Å². The minimum atomic E-state index is 0.460. The predicted octanol–water partition coefficient (Wildman–Crippen LogP) is 5.34. The fourth-order valence-corrected chi connectivity index (χ4v) is 4.27. The van der Waals surface area contributed by atoms with Gasteiger partial charge in [-0.3, -0.25) is 0 Å². The Bertz CT molecular complexity index is 703. The molecular weight excluding hydrogens is 335 g/mol. The number of hydrogen-bond donors (Lipinski definition) is 0. The summed E-state index contributed by atoms with van der Waals surface area (Å²) < 4.78 is 0. The summed E-state index contributed by atoms with van der Waals surface area (Å²) in [5, 5.41) is 2.25. The first kappa shape index (κ1) is 16.1. The van der Waals surface area contributed by atoms with Gasteiger partial charge in [0.05, 0.1) is 5.69 Å². The first-order valence-electron chi connectivity index (χ1n) is 7.50. The summed E-state index contributed by atoms with van der Waals surface area (Å²) in [5.74, 6) is 0.460. The number of benzene rings is 1. The Hall–Kier alpha value is -0.770. The van der Waals surface area contributed by atoms with E-state index in [4.69, 9.17) is 23.2 Å². The molecule has 0 fully saturated rings. The third-order valence-electron chi connectivity index (χ3n) is 4.34. The Kier molecular flexibility index (Phi) is 4.96. The van der Waals surface area contributed by atoms with Gasteiger partial charge in [-0.05, 0) is 55.1 Å². The van der Waals surface area contributed by atoms with Gasteiger partial charge in [-0.25, -0.2) is 9.97 Å². The van der Waals surface area contributed by atoms with E-state index >= 15 is 0 Å². The maximum absolute atomic E-state index is 6.37. The summed E-state index contributed by atoms with van der Waals surface area (Å²) >= 11 is 14.2. The Morgan fingerprint density at radius 1 is 1.27 bits per heavy atom. The van der Waals surface area contributed by atoms with Crippen molar-refractivity contribution in [2.75, 3.05) is 6.26 Å². The average molecular weight is 353 g/mol. The SMILES string of the molecule is CCc1c(Cl)cccc1C1CCc2c(Cl)nc(SC)nc2C1. The Morgan fingerprint density at radius 2 is 2.09 bits per heavy atom. The second-order valence-electron chi connectivity index (χ2n) is 5.53. The molecule has 2 aromatic rings. The van der Waals surface area contributed by atoms with Crippen molar-refractivity contribution in [2.45, 2.75) is 43.7 Å². The lowest BCUT2D eigenvalue weighted by atomic mass is 9.80. The molecule has 1 aliphatic carbocycles. The van der Waals surface area contributed by atoms with Crippen LogP contribution in [0.1, 0.15) is 41.6 Å². The molecule has 22 heavy (non-hydrogen) atoms. The molecule has 1 atom stereocenters. The smallest absolute Gasteiger partial charge is 0.188 e. The molecule has 1 aromatic heterocycles. The zero-order chi connectivity index (χ0) is 15.7. The van der Waals surface area contributed by atoms with Crippen molar-refractivity contribution in [1.29, 1.82) is 0 Å². The number of aromatic nitrogens is 2. The normalized spacial score (nSPS) is 17.4. The number of nitrogens with zero attached hydrogens (tertiary/aromatic N) is 2. The number of thioether (sulfide) groups is 1. The van der Waals surface area contributed by atoms with Crippen LogP contribution in [0.25, 0.3) is 0 Å². The number of hydrogen-bond acceptors (Lipinski definition) is 3. The van der Waals surface area contributed by atoms with Crippen molar-refractivity contribution < 1.29 is 0 Å². The second kappa shape index (κ2) is 6.77. The van der Waals surface area contributed by atoms with E-state index in [-0.39, 0.29) is 0 Å². The van der Waals surface area contributed by atoms with Gasteiger partial charge in [0.1, 0.15) is 5.15 Å². The molecule has 3 rings (SSSR count). The van der Waals surface area contributed by atoms with Crippen molar-refractivity contribution in [3.63, 3.8) is 0 Å². The zero-order valence-electron chi connectivity index (χ0n) is 12.7. The molecule has 0 bridgehead atoms. The first-order valence-corrected chi connectivity index (χ1v) is 9.48. The monoisotopic (exact) mass is 352 g/mol. The summed E-state index contributed by atoms with van der Waals surface area (Å²) in [6.45, 7) is 2.16. The Labute approximate surface area is 145 Å². The molecule has 1 aliphatic rings. The quantitative estimate of drug-likeness (QED) is 0.423. The molecule has 116 valence electrons. The first-order chi connectivity index (χ1) is 10.6. The van der Waals surface area contributed by atoms with Crippen LogP contribution >= 0.6 is 35.0 Å². The average Bonchev–Trinajstić information content (AvgIpc) is 2.53. The Balaban J connectivity index is 1.98. The molecule has 0 aliphatic heterocycles. The van der Waals surface area contributed by atoms with Gasteiger partial charge in [-0.2, -0.15) is 0 Å². The van der Waals surface area contributed by atoms with E-state index in [9.17, 15) is 0 Å². The molecule has 1 unspecified atom stereocenters. The van der Waals surface area contributed by atoms with Crippen LogP contribution in [0.15, 0.2) is 23.4 Å². The largest absolute Gasteiger partial charge is 0.227 e. The van der Waals surface area contributed by atoms with Gasteiger partial charge in [-0.15, -0.1) is 0 Å². The van der Waals surface area contributed by atoms with Crippen LogP contribution < -0.4 is 0 Å². The molecule has 0 N–H and O–H groups in total. The molecule has 0 amide bonds. The lowest BCUT2D eigenvalue weighted by Crippen LogP contribution is -2.17. The second-order valence-corrected chi connectivity index (χ2v) is 7.07. The predicted molar refractivity (Wildman–Crippen MR) is 94.4 cm³/mol. The van der Waals surface area contributed by atoms with Crippen LogP contribution in [0.2, 0.25) is 10.2 Å². The molecule has 0 saturated heterocycles. The van der Waals surface area contributed by atoms with Gasteiger partial charge in [0.25, 0.3) is 0 Å². The van der Waals surface area contributed by atoms with Crippen LogP contribution in [0, 0.1) is 0 Å². The van der Waals surface area contributed by atoms with Crippen LogP contribution in [0.4, 0.5) is 0 Å². The fraction of sp³-hybridized carbons (Fsp3) is 0.412.